The summed E-state index contributed by atoms with van der Waals surface area (Å²) in [6.45, 7) is 9.25. The van der Waals surface area contributed by atoms with Crippen LogP contribution in [0.3, 0.4) is 0 Å². The third kappa shape index (κ3) is 4.02. The Hall–Kier alpha value is -1.19. The van der Waals surface area contributed by atoms with Crippen LogP contribution in [0.25, 0.3) is 0 Å². The number of fused-ring (bicyclic) bond motifs is 1. The van der Waals surface area contributed by atoms with Gasteiger partial charge < -0.3 is 4.90 Å². The van der Waals surface area contributed by atoms with E-state index in [-0.39, 0.29) is 0 Å². The zero-order chi connectivity index (χ0) is 17.2. The van der Waals surface area contributed by atoms with E-state index in [1.54, 1.807) is 19.9 Å². The summed E-state index contributed by atoms with van der Waals surface area (Å²) >= 11 is 0. The van der Waals surface area contributed by atoms with Gasteiger partial charge in [0.05, 0.1) is 5.56 Å². The van der Waals surface area contributed by atoms with E-state index >= 15 is 0 Å². The number of nitrogens with zero attached hydrogens (tertiary/aromatic N) is 1. The molecule has 0 bridgehead atoms. The van der Waals surface area contributed by atoms with Crippen LogP contribution in [0.4, 0.5) is 18.9 Å². The van der Waals surface area contributed by atoms with Crippen molar-refractivity contribution in [3.8, 4) is 0 Å². The molecule has 0 radical (unpaired) electrons. The average Bonchev–Trinajstić information content (AvgIpc) is 2.41. The van der Waals surface area contributed by atoms with Crippen molar-refractivity contribution in [3.63, 3.8) is 0 Å². The molecule has 1 heterocycles. The van der Waals surface area contributed by atoms with E-state index in [0.717, 1.165) is 56.4 Å². The molecule has 1 aliphatic rings. The van der Waals surface area contributed by atoms with Crippen molar-refractivity contribution >= 4 is 5.69 Å². The summed E-state index contributed by atoms with van der Waals surface area (Å²) in [7, 11) is 0. The summed E-state index contributed by atoms with van der Waals surface area (Å²) in [4.78, 5) is 2.21. The third-order valence-corrected chi connectivity index (χ3v) is 5.02. The number of halogens is 3. The number of alkyl halides is 3. The van der Waals surface area contributed by atoms with Gasteiger partial charge in [-0.3, -0.25) is 0 Å². The monoisotopic (exact) mass is 327 g/mol. The van der Waals surface area contributed by atoms with Crippen LogP contribution in [0.1, 0.15) is 61.8 Å². The van der Waals surface area contributed by atoms with Gasteiger partial charge in [-0.1, -0.05) is 32.8 Å². The van der Waals surface area contributed by atoms with Gasteiger partial charge in [0.15, 0.2) is 0 Å². The van der Waals surface area contributed by atoms with Crippen LogP contribution in [0.5, 0.6) is 0 Å². The van der Waals surface area contributed by atoms with Gasteiger partial charge in [-0.05, 0) is 55.7 Å². The molecular formula is C19H28F3N. The number of anilines is 1. The summed E-state index contributed by atoms with van der Waals surface area (Å²) in [6.07, 6.45) is 0.914. The van der Waals surface area contributed by atoms with Crippen molar-refractivity contribution in [2.24, 2.45) is 5.92 Å². The fourth-order valence-electron chi connectivity index (χ4n) is 3.72. The summed E-state index contributed by atoms with van der Waals surface area (Å²) in [5.74, 6) is 0.484. The Kier molecular flexibility index (Phi) is 5.64. The summed E-state index contributed by atoms with van der Waals surface area (Å²) in [5, 5.41) is 0. The molecule has 1 aromatic carbocycles. The lowest BCUT2D eigenvalue weighted by atomic mass is 9.91. The highest BCUT2D eigenvalue weighted by atomic mass is 19.4. The second-order valence-corrected chi connectivity index (χ2v) is 6.97. The molecule has 0 spiro atoms. The Morgan fingerprint density at radius 3 is 2.48 bits per heavy atom. The molecule has 1 aromatic rings. The summed E-state index contributed by atoms with van der Waals surface area (Å²) < 4.78 is 40.5. The first-order valence-electron chi connectivity index (χ1n) is 8.70. The van der Waals surface area contributed by atoms with Gasteiger partial charge in [0, 0.05) is 18.8 Å². The highest BCUT2D eigenvalue weighted by molar-refractivity contribution is 5.65. The lowest BCUT2D eigenvalue weighted by molar-refractivity contribution is -0.138. The van der Waals surface area contributed by atoms with Gasteiger partial charge in [-0.25, -0.2) is 0 Å². The maximum atomic E-state index is 13.5. The number of hydrogen-bond acceptors (Lipinski definition) is 1. The van der Waals surface area contributed by atoms with Crippen LogP contribution < -0.4 is 4.90 Å². The van der Waals surface area contributed by atoms with Gasteiger partial charge >= 0.3 is 6.18 Å². The smallest absolute Gasteiger partial charge is 0.371 e. The summed E-state index contributed by atoms with van der Waals surface area (Å²) in [5.41, 5.74) is 2.28. The van der Waals surface area contributed by atoms with Crippen molar-refractivity contribution in [3.05, 3.63) is 28.3 Å². The molecule has 1 atom stereocenters. The third-order valence-electron chi connectivity index (χ3n) is 5.02. The van der Waals surface area contributed by atoms with E-state index in [0.29, 0.717) is 17.0 Å². The minimum atomic E-state index is -4.28. The predicted octanol–water partition coefficient (Wildman–Crippen LogP) is 5.90. The zero-order valence-corrected chi connectivity index (χ0v) is 14.7. The van der Waals surface area contributed by atoms with E-state index in [1.807, 2.05) is 0 Å². The molecule has 130 valence electrons. The molecule has 0 saturated heterocycles. The van der Waals surface area contributed by atoms with Gasteiger partial charge in [0.2, 0.25) is 0 Å². The van der Waals surface area contributed by atoms with Crippen molar-refractivity contribution in [1.82, 2.24) is 0 Å². The molecule has 2 rings (SSSR count). The maximum Gasteiger partial charge on any atom is 0.416 e. The molecule has 1 aliphatic heterocycles. The Bertz CT molecular complexity index is 549. The Morgan fingerprint density at radius 1 is 1.17 bits per heavy atom. The Labute approximate surface area is 137 Å². The molecule has 0 amide bonds. The average molecular weight is 327 g/mol. The number of aryl methyl sites for hydroxylation is 2. The number of rotatable bonds is 3. The van der Waals surface area contributed by atoms with E-state index in [9.17, 15) is 13.2 Å². The van der Waals surface area contributed by atoms with E-state index in [1.165, 1.54) is 0 Å². The lowest BCUT2D eigenvalue weighted by Gasteiger charge is -2.34. The van der Waals surface area contributed by atoms with Crippen molar-refractivity contribution in [1.29, 1.82) is 0 Å². The van der Waals surface area contributed by atoms with Crippen LogP contribution in [0, 0.1) is 19.8 Å². The van der Waals surface area contributed by atoms with Crippen LogP contribution in [0.15, 0.2) is 6.07 Å². The first-order chi connectivity index (χ1) is 10.8. The SMILES string of the molecule is CCC(C)CN1CCCCCc2cc(C)c(C(F)(F)F)c(C)c21. The topological polar surface area (TPSA) is 3.24 Å². The van der Waals surface area contributed by atoms with Gasteiger partial charge in [-0.15, -0.1) is 0 Å². The highest BCUT2D eigenvalue weighted by Gasteiger charge is 2.36. The van der Waals surface area contributed by atoms with Crippen LogP contribution in [-0.2, 0) is 12.6 Å². The minimum absolute atomic E-state index is 0.359. The molecule has 1 nitrogen and oxygen atoms in total. The molecule has 0 N–H and O–H groups in total. The standard InChI is InChI=1S/C19H28F3N/c1-5-13(2)12-23-10-8-6-7-9-16-11-14(3)17(19(20,21)22)15(4)18(16)23/h11,13H,5-10,12H2,1-4H3. The van der Waals surface area contributed by atoms with Crippen LogP contribution in [0.2, 0.25) is 0 Å². The maximum absolute atomic E-state index is 13.5. The molecule has 4 heteroatoms. The molecule has 1 unspecified atom stereocenters. The first kappa shape index (κ1) is 18.2. The molecule has 0 aromatic heterocycles. The number of hydrogen-bond donors (Lipinski definition) is 0. The second kappa shape index (κ2) is 7.14. The van der Waals surface area contributed by atoms with E-state index in [2.05, 4.69) is 18.7 Å². The highest BCUT2D eigenvalue weighted by Crippen LogP contribution is 2.41. The quantitative estimate of drug-likeness (QED) is 0.668. The molecule has 0 saturated carbocycles. The fourth-order valence-corrected chi connectivity index (χ4v) is 3.72. The largest absolute Gasteiger partial charge is 0.416 e. The van der Waals surface area contributed by atoms with Crippen molar-refractivity contribution in [2.45, 2.75) is 66.0 Å². The van der Waals surface area contributed by atoms with Crippen molar-refractivity contribution in [2.75, 3.05) is 18.0 Å². The number of benzene rings is 1. The van der Waals surface area contributed by atoms with Crippen LogP contribution in [-0.4, -0.2) is 13.1 Å². The molecular weight excluding hydrogens is 299 g/mol. The van der Waals surface area contributed by atoms with Crippen LogP contribution >= 0.6 is 0 Å². The lowest BCUT2D eigenvalue weighted by Crippen LogP contribution is -2.32. The zero-order valence-electron chi connectivity index (χ0n) is 14.7. The molecule has 0 fully saturated rings. The summed E-state index contributed by atoms with van der Waals surface area (Å²) in [6, 6.07) is 1.78. The predicted molar refractivity (Wildman–Crippen MR) is 90.1 cm³/mol. The van der Waals surface area contributed by atoms with Crippen molar-refractivity contribution < 1.29 is 13.2 Å². The van der Waals surface area contributed by atoms with Gasteiger partial charge in [0.25, 0.3) is 0 Å². The molecule has 0 aliphatic carbocycles. The van der Waals surface area contributed by atoms with Gasteiger partial charge in [0.1, 0.15) is 0 Å². The fraction of sp³-hybridized carbons (Fsp3) is 0.684. The normalized spacial score (nSPS) is 17.4. The molecule has 23 heavy (non-hydrogen) atoms. The van der Waals surface area contributed by atoms with E-state index in [4.69, 9.17) is 0 Å². The minimum Gasteiger partial charge on any atom is -0.371 e. The Morgan fingerprint density at radius 2 is 1.87 bits per heavy atom. The first-order valence-corrected chi connectivity index (χ1v) is 8.70. The second-order valence-electron chi connectivity index (χ2n) is 6.97. The van der Waals surface area contributed by atoms with E-state index < -0.39 is 11.7 Å². The Balaban J connectivity index is 2.57. The van der Waals surface area contributed by atoms with Gasteiger partial charge in [-0.2, -0.15) is 13.2 Å².